The van der Waals surface area contributed by atoms with Crippen LogP contribution in [-0.2, 0) is 6.54 Å². The predicted octanol–water partition coefficient (Wildman–Crippen LogP) is 6.49. The van der Waals surface area contributed by atoms with Crippen LogP contribution in [-0.4, -0.2) is 33.4 Å². The number of aliphatic hydroxyl groups excluding tert-OH is 1. The van der Waals surface area contributed by atoms with Gasteiger partial charge in [-0.1, -0.05) is 54.6 Å². The predicted molar refractivity (Wildman–Crippen MR) is 139 cm³/mol. The molecule has 6 heteroatoms. The number of hydrogen-bond donors (Lipinski definition) is 1. The number of nitrogens with zero attached hydrogens (tertiary/aromatic N) is 3. The van der Waals surface area contributed by atoms with Crippen molar-refractivity contribution < 1.29 is 13.9 Å². The Kier molecular flexibility index (Phi) is 7.07. The number of aromatic nitrogens is 2. The first kappa shape index (κ1) is 23.7. The van der Waals surface area contributed by atoms with Crippen molar-refractivity contribution in [2.24, 2.45) is 0 Å². The van der Waals surface area contributed by atoms with Gasteiger partial charge in [0.2, 0.25) is 0 Å². The van der Waals surface area contributed by atoms with E-state index in [-0.39, 0.29) is 18.5 Å². The summed E-state index contributed by atoms with van der Waals surface area (Å²) in [7, 11) is 2.06. The number of aliphatic hydroxyl groups is 1. The van der Waals surface area contributed by atoms with E-state index in [9.17, 15) is 9.50 Å². The second-order valence-corrected chi connectivity index (χ2v) is 8.82. The van der Waals surface area contributed by atoms with Gasteiger partial charge in [0, 0.05) is 24.8 Å². The normalized spacial score (nSPS) is 12.2. The standard InChI is InChI=1S/C30H28FN3O2/c1-33(28(17-18-35)24-6-3-2-4-7-24)21-25-20-32-34(30(25)29-8-5-19-36-29)27-15-11-23(12-16-27)22-9-13-26(31)14-10-22/h2-16,19-20,28,35H,17-18,21H2,1H3. The van der Waals surface area contributed by atoms with E-state index in [1.54, 1.807) is 18.4 Å². The minimum absolute atomic E-state index is 0.0685. The Morgan fingerprint density at radius 2 is 1.61 bits per heavy atom. The molecule has 5 rings (SSSR count). The Morgan fingerprint density at radius 3 is 2.25 bits per heavy atom. The van der Waals surface area contributed by atoms with Crippen LogP contribution >= 0.6 is 0 Å². The van der Waals surface area contributed by atoms with Crippen LogP contribution in [0.2, 0.25) is 0 Å². The third-order valence-electron chi connectivity index (χ3n) is 6.43. The highest BCUT2D eigenvalue weighted by Gasteiger charge is 2.22. The fourth-order valence-corrected chi connectivity index (χ4v) is 4.63. The third kappa shape index (κ3) is 5.00. The monoisotopic (exact) mass is 481 g/mol. The van der Waals surface area contributed by atoms with Crippen LogP contribution < -0.4 is 0 Å². The van der Waals surface area contributed by atoms with Crippen molar-refractivity contribution in [3.05, 3.63) is 120 Å². The Morgan fingerprint density at radius 1 is 0.917 bits per heavy atom. The van der Waals surface area contributed by atoms with Crippen molar-refractivity contribution in [1.29, 1.82) is 0 Å². The largest absolute Gasteiger partial charge is 0.463 e. The van der Waals surface area contributed by atoms with Gasteiger partial charge in [-0.05, 0) is 66.6 Å². The Balaban J connectivity index is 1.47. The topological polar surface area (TPSA) is 54.4 Å². The molecule has 0 bridgehead atoms. The van der Waals surface area contributed by atoms with Crippen LogP contribution in [0.25, 0.3) is 28.3 Å². The average molecular weight is 482 g/mol. The maximum Gasteiger partial charge on any atom is 0.152 e. The summed E-state index contributed by atoms with van der Waals surface area (Å²) >= 11 is 0. The molecule has 36 heavy (non-hydrogen) atoms. The highest BCUT2D eigenvalue weighted by atomic mass is 19.1. The van der Waals surface area contributed by atoms with Crippen molar-refractivity contribution in [1.82, 2.24) is 14.7 Å². The maximum absolute atomic E-state index is 13.3. The third-order valence-corrected chi connectivity index (χ3v) is 6.43. The van der Waals surface area contributed by atoms with E-state index in [2.05, 4.69) is 24.1 Å². The molecule has 182 valence electrons. The zero-order valence-corrected chi connectivity index (χ0v) is 20.1. The van der Waals surface area contributed by atoms with Crippen LogP contribution in [0.4, 0.5) is 4.39 Å². The molecule has 1 N–H and O–H groups in total. The zero-order chi connectivity index (χ0) is 24.9. The van der Waals surface area contributed by atoms with Gasteiger partial charge >= 0.3 is 0 Å². The van der Waals surface area contributed by atoms with E-state index < -0.39 is 0 Å². The van der Waals surface area contributed by atoms with Gasteiger partial charge in [0.05, 0.1) is 18.1 Å². The second kappa shape index (κ2) is 10.7. The Hall–Kier alpha value is -4.00. The molecule has 2 heterocycles. The summed E-state index contributed by atoms with van der Waals surface area (Å²) in [6, 6.07) is 28.6. The summed E-state index contributed by atoms with van der Waals surface area (Å²) in [6.45, 7) is 0.734. The molecule has 1 unspecified atom stereocenters. The number of halogens is 1. The Labute approximate surface area is 210 Å². The number of furan rings is 1. The molecule has 2 aromatic heterocycles. The zero-order valence-electron chi connectivity index (χ0n) is 20.1. The van der Waals surface area contributed by atoms with E-state index in [0.717, 1.165) is 39.4 Å². The second-order valence-electron chi connectivity index (χ2n) is 8.82. The number of hydrogen-bond acceptors (Lipinski definition) is 4. The van der Waals surface area contributed by atoms with Crippen molar-refractivity contribution in [3.8, 4) is 28.3 Å². The molecule has 5 nitrogen and oxygen atoms in total. The van der Waals surface area contributed by atoms with Gasteiger partial charge in [-0.2, -0.15) is 5.10 Å². The lowest BCUT2D eigenvalue weighted by Gasteiger charge is -2.28. The first-order valence-electron chi connectivity index (χ1n) is 12.0. The van der Waals surface area contributed by atoms with E-state index in [4.69, 9.17) is 9.52 Å². The van der Waals surface area contributed by atoms with Crippen LogP contribution in [0.1, 0.15) is 23.6 Å². The molecule has 3 aromatic carbocycles. The van der Waals surface area contributed by atoms with Gasteiger partial charge in [-0.25, -0.2) is 9.07 Å². The van der Waals surface area contributed by atoms with Crippen LogP contribution in [0, 0.1) is 5.82 Å². The van der Waals surface area contributed by atoms with Crippen LogP contribution in [0.15, 0.2) is 108 Å². The summed E-state index contributed by atoms with van der Waals surface area (Å²) in [4.78, 5) is 2.23. The van der Waals surface area contributed by atoms with Crippen molar-refractivity contribution in [2.45, 2.75) is 19.0 Å². The molecule has 0 fully saturated rings. The molecule has 0 saturated heterocycles. The molecule has 5 aromatic rings. The number of benzene rings is 3. The lowest BCUT2D eigenvalue weighted by atomic mass is 10.0. The summed E-state index contributed by atoms with van der Waals surface area (Å²) in [6.07, 6.45) is 4.18. The summed E-state index contributed by atoms with van der Waals surface area (Å²) < 4.78 is 21.0. The first-order valence-corrected chi connectivity index (χ1v) is 12.0. The fourth-order valence-electron chi connectivity index (χ4n) is 4.63. The van der Waals surface area contributed by atoms with Crippen LogP contribution in [0.3, 0.4) is 0 Å². The number of rotatable bonds is 9. The molecule has 0 amide bonds. The molecule has 0 aliphatic heterocycles. The fraction of sp³-hybridized carbons (Fsp3) is 0.167. The quantitative estimate of drug-likeness (QED) is 0.261. The van der Waals surface area contributed by atoms with Crippen molar-refractivity contribution in [2.75, 3.05) is 13.7 Å². The van der Waals surface area contributed by atoms with E-state index >= 15 is 0 Å². The lowest BCUT2D eigenvalue weighted by molar-refractivity contribution is 0.180. The maximum atomic E-state index is 13.3. The summed E-state index contributed by atoms with van der Waals surface area (Å²) in [5, 5.41) is 14.4. The minimum atomic E-state index is -0.249. The van der Waals surface area contributed by atoms with E-state index in [1.165, 1.54) is 12.1 Å². The molecule has 0 saturated carbocycles. The minimum Gasteiger partial charge on any atom is -0.463 e. The highest BCUT2D eigenvalue weighted by molar-refractivity contribution is 5.66. The SMILES string of the molecule is CN(Cc1cnn(-c2ccc(-c3ccc(F)cc3)cc2)c1-c1ccco1)C(CCO)c1ccccc1. The smallest absolute Gasteiger partial charge is 0.152 e. The molecule has 0 radical (unpaired) electrons. The first-order chi connectivity index (χ1) is 17.6. The van der Waals surface area contributed by atoms with E-state index in [1.807, 2.05) is 65.5 Å². The average Bonchev–Trinajstić information content (AvgIpc) is 3.58. The van der Waals surface area contributed by atoms with Gasteiger partial charge in [-0.3, -0.25) is 4.90 Å². The van der Waals surface area contributed by atoms with Gasteiger partial charge < -0.3 is 9.52 Å². The molecule has 0 aliphatic rings. The van der Waals surface area contributed by atoms with Gasteiger partial charge in [-0.15, -0.1) is 0 Å². The molecule has 0 spiro atoms. The Bertz CT molecular complexity index is 1380. The van der Waals surface area contributed by atoms with Crippen molar-refractivity contribution >= 4 is 0 Å². The van der Waals surface area contributed by atoms with Crippen molar-refractivity contribution in [3.63, 3.8) is 0 Å². The van der Waals surface area contributed by atoms with Gasteiger partial charge in [0.1, 0.15) is 11.5 Å². The molecular formula is C30H28FN3O2. The highest BCUT2D eigenvalue weighted by Crippen LogP contribution is 2.31. The molecule has 0 aliphatic carbocycles. The van der Waals surface area contributed by atoms with Gasteiger partial charge in [0.25, 0.3) is 0 Å². The molecular weight excluding hydrogens is 453 g/mol. The molecule has 1 atom stereocenters. The van der Waals surface area contributed by atoms with Gasteiger partial charge in [0.15, 0.2) is 5.76 Å². The van der Waals surface area contributed by atoms with Crippen LogP contribution in [0.5, 0.6) is 0 Å². The summed E-state index contributed by atoms with van der Waals surface area (Å²) in [5.74, 6) is 0.484. The lowest BCUT2D eigenvalue weighted by Crippen LogP contribution is -2.25. The summed E-state index contributed by atoms with van der Waals surface area (Å²) in [5.41, 5.74) is 5.92. The van der Waals surface area contributed by atoms with E-state index in [0.29, 0.717) is 13.0 Å².